The van der Waals surface area contributed by atoms with Crippen molar-refractivity contribution in [3.63, 3.8) is 0 Å². The lowest BCUT2D eigenvalue weighted by molar-refractivity contribution is 0.0923. The zero-order valence-corrected chi connectivity index (χ0v) is 14.2. The number of nitrogens with zero attached hydrogens (tertiary/aromatic N) is 5. The van der Waals surface area contributed by atoms with Crippen LogP contribution in [0.5, 0.6) is 0 Å². The van der Waals surface area contributed by atoms with E-state index in [0.29, 0.717) is 5.69 Å². The molecule has 1 aliphatic heterocycles. The van der Waals surface area contributed by atoms with Gasteiger partial charge in [0.15, 0.2) is 5.13 Å². The van der Waals surface area contributed by atoms with Gasteiger partial charge in [-0.05, 0) is 18.9 Å². The predicted molar refractivity (Wildman–Crippen MR) is 93.3 cm³/mol. The first-order valence-corrected chi connectivity index (χ1v) is 8.75. The van der Waals surface area contributed by atoms with E-state index in [0.717, 1.165) is 41.3 Å². The molecular formula is C16H18N6OS. The van der Waals surface area contributed by atoms with Crippen molar-refractivity contribution in [3.8, 4) is 0 Å². The third kappa shape index (κ3) is 2.84. The molecule has 8 heteroatoms. The van der Waals surface area contributed by atoms with Crippen molar-refractivity contribution in [2.45, 2.75) is 18.9 Å². The first-order valence-electron chi connectivity index (χ1n) is 7.93. The molecule has 0 atom stereocenters. The van der Waals surface area contributed by atoms with Crippen molar-refractivity contribution in [2.75, 3.05) is 18.0 Å². The Labute approximate surface area is 143 Å². The molecule has 1 fully saturated rings. The van der Waals surface area contributed by atoms with Gasteiger partial charge in [0.1, 0.15) is 11.2 Å². The molecule has 1 aliphatic rings. The average Bonchev–Trinajstić information content (AvgIpc) is 3.21. The number of amides is 1. The molecule has 7 nitrogen and oxygen atoms in total. The van der Waals surface area contributed by atoms with Gasteiger partial charge in [-0.15, -0.1) is 0 Å². The number of hydrogen-bond donors (Lipinski definition) is 1. The van der Waals surface area contributed by atoms with Crippen LogP contribution in [-0.4, -0.2) is 44.6 Å². The molecule has 3 aromatic heterocycles. The lowest BCUT2D eigenvalue weighted by atomic mass is 10.1. The Morgan fingerprint density at radius 1 is 1.29 bits per heavy atom. The molecule has 1 saturated heterocycles. The summed E-state index contributed by atoms with van der Waals surface area (Å²) in [5.41, 5.74) is 1.54. The summed E-state index contributed by atoms with van der Waals surface area (Å²) < 4.78 is 2.89. The number of carbonyl (C=O) groups is 1. The summed E-state index contributed by atoms with van der Waals surface area (Å²) >= 11 is 1.69. The van der Waals surface area contributed by atoms with Crippen molar-refractivity contribution in [2.24, 2.45) is 7.05 Å². The van der Waals surface area contributed by atoms with Crippen LogP contribution in [0.1, 0.15) is 23.3 Å². The number of hydrogen-bond acceptors (Lipinski definition) is 6. The topological polar surface area (TPSA) is 75.9 Å². The van der Waals surface area contributed by atoms with Crippen LogP contribution in [0, 0.1) is 0 Å². The number of rotatable bonds is 3. The van der Waals surface area contributed by atoms with Gasteiger partial charge in [0.05, 0.1) is 23.4 Å². The highest BCUT2D eigenvalue weighted by Gasteiger charge is 2.23. The number of thiazole rings is 1. The molecule has 1 amide bonds. The largest absolute Gasteiger partial charge is 0.348 e. The summed E-state index contributed by atoms with van der Waals surface area (Å²) in [5.74, 6) is -0.0560. The number of imidazole rings is 1. The molecule has 0 saturated carbocycles. The monoisotopic (exact) mass is 342 g/mol. The number of carbonyl (C=O) groups excluding carboxylic acids is 1. The second kappa shape index (κ2) is 6.20. The molecule has 4 heterocycles. The minimum Gasteiger partial charge on any atom is -0.348 e. The van der Waals surface area contributed by atoms with Gasteiger partial charge >= 0.3 is 0 Å². The predicted octanol–water partition coefficient (Wildman–Crippen LogP) is 1.82. The van der Waals surface area contributed by atoms with Gasteiger partial charge in [-0.3, -0.25) is 9.78 Å². The Morgan fingerprint density at radius 3 is 2.83 bits per heavy atom. The normalized spacial score (nSPS) is 15.8. The minimum atomic E-state index is -0.0560. The van der Waals surface area contributed by atoms with Crippen LogP contribution in [0.25, 0.3) is 10.2 Å². The molecule has 0 unspecified atom stereocenters. The SMILES string of the molecule is Cn1cncc1C(=O)NC1CCN(c2nc3cnccc3s2)CC1. The van der Waals surface area contributed by atoms with Gasteiger partial charge in [0, 0.05) is 32.4 Å². The summed E-state index contributed by atoms with van der Waals surface area (Å²) in [6.45, 7) is 1.78. The summed E-state index contributed by atoms with van der Waals surface area (Å²) in [4.78, 5) is 27.3. The van der Waals surface area contributed by atoms with Crippen molar-refractivity contribution < 1.29 is 4.79 Å². The van der Waals surface area contributed by atoms with Gasteiger partial charge < -0.3 is 14.8 Å². The number of pyridine rings is 1. The fraction of sp³-hybridized carbons (Fsp3) is 0.375. The van der Waals surface area contributed by atoms with E-state index in [1.165, 1.54) is 0 Å². The molecule has 4 rings (SSSR count). The quantitative estimate of drug-likeness (QED) is 0.786. The van der Waals surface area contributed by atoms with E-state index >= 15 is 0 Å². The van der Waals surface area contributed by atoms with E-state index in [2.05, 4.69) is 25.2 Å². The minimum absolute atomic E-state index is 0.0560. The zero-order valence-electron chi connectivity index (χ0n) is 13.3. The van der Waals surface area contributed by atoms with E-state index in [1.54, 1.807) is 40.8 Å². The number of aromatic nitrogens is 4. The zero-order chi connectivity index (χ0) is 16.5. The lowest BCUT2D eigenvalue weighted by Crippen LogP contribution is -2.45. The molecule has 1 N–H and O–H groups in total. The Kier molecular flexibility index (Phi) is 3.89. The van der Waals surface area contributed by atoms with Crippen LogP contribution in [-0.2, 0) is 7.05 Å². The van der Waals surface area contributed by atoms with E-state index in [-0.39, 0.29) is 11.9 Å². The highest BCUT2D eigenvalue weighted by molar-refractivity contribution is 7.22. The second-order valence-corrected chi connectivity index (χ2v) is 6.97. The van der Waals surface area contributed by atoms with Crippen LogP contribution in [0.4, 0.5) is 5.13 Å². The summed E-state index contributed by atoms with van der Waals surface area (Å²) in [7, 11) is 1.83. The molecule has 0 aromatic carbocycles. The number of piperidine rings is 1. The van der Waals surface area contributed by atoms with Crippen molar-refractivity contribution in [3.05, 3.63) is 36.7 Å². The van der Waals surface area contributed by atoms with Crippen LogP contribution in [0.15, 0.2) is 31.0 Å². The fourth-order valence-corrected chi connectivity index (χ4v) is 3.94. The van der Waals surface area contributed by atoms with Gasteiger partial charge in [0.2, 0.25) is 0 Å². The summed E-state index contributed by atoms with van der Waals surface area (Å²) in [6, 6.07) is 2.19. The molecule has 24 heavy (non-hydrogen) atoms. The Balaban J connectivity index is 1.38. The Bertz CT molecular complexity index is 831. The third-order valence-electron chi connectivity index (χ3n) is 4.33. The summed E-state index contributed by atoms with van der Waals surface area (Å²) in [5, 5.41) is 4.14. The van der Waals surface area contributed by atoms with Gasteiger partial charge in [0.25, 0.3) is 5.91 Å². The maximum atomic E-state index is 12.3. The maximum Gasteiger partial charge on any atom is 0.269 e. The van der Waals surface area contributed by atoms with E-state index < -0.39 is 0 Å². The van der Waals surface area contributed by atoms with E-state index in [1.807, 2.05) is 13.1 Å². The van der Waals surface area contributed by atoms with Crippen molar-refractivity contribution in [1.29, 1.82) is 0 Å². The van der Waals surface area contributed by atoms with E-state index in [9.17, 15) is 4.79 Å². The maximum absolute atomic E-state index is 12.3. The smallest absolute Gasteiger partial charge is 0.269 e. The number of anilines is 1. The van der Waals surface area contributed by atoms with Crippen molar-refractivity contribution >= 4 is 32.6 Å². The molecule has 0 radical (unpaired) electrons. The second-order valence-electron chi connectivity index (χ2n) is 5.96. The lowest BCUT2D eigenvalue weighted by Gasteiger charge is -2.32. The molecule has 0 aliphatic carbocycles. The molecule has 0 spiro atoms. The number of aryl methyl sites for hydroxylation is 1. The van der Waals surface area contributed by atoms with E-state index in [4.69, 9.17) is 0 Å². The number of fused-ring (bicyclic) bond motifs is 1. The van der Waals surface area contributed by atoms with Crippen LogP contribution in [0.3, 0.4) is 0 Å². The summed E-state index contributed by atoms with van der Waals surface area (Å²) in [6.07, 6.45) is 8.66. The molecular weight excluding hydrogens is 324 g/mol. The molecule has 3 aromatic rings. The standard InChI is InChI=1S/C16H18N6OS/c1-21-10-18-9-13(21)15(23)19-11-3-6-22(7-4-11)16-20-12-8-17-5-2-14(12)24-16/h2,5,8-11H,3-4,6-7H2,1H3,(H,19,23). The van der Waals surface area contributed by atoms with Gasteiger partial charge in [-0.2, -0.15) is 0 Å². The third-order valence-corrected chi connectivity index (χ3v) is 5.43. The number of nitrogens with one attached hydrogen (secondary N) is 1. The first-order chi connectivity index (χ1) is 11.7. The van der Waals surface area contributed by atoms with Crippen molar-refractivity contribution in [1.82, 2.24) is 24.8 Å². The Hall–Kier alpha value is -2.48. The first kappa shape index (κ1) is 15.1. The highest BCUT2D eigenvalue weighted by atomic mass is 32.1. The fourth-order valence-electron chi connectivity index (χ4n) is 2.95. The Morgan fingerprint density at radius 2 is 2.12 bits per heavy atom. The van der Waals surface area contributed by atoms with Crippen LogP contribution < -0.4 is 10.2 Å². The van der Waals surface area contributed by atoms with Gasteiger partial charge in [-0.1, -0.05) is 11.3 Å². The highest BCUT2D eigenvalue weighted by Crippen LogP contribution is 2.29. The molecule has 124 valence electrons. The molecule has 0 bridgehead atoms. The average molecular weight is 342 g/mol. The van der Waals surface area contributed by atoms with Crippen LogP contribution in [0.2, 0.25) is 0 Å². The van der Waals surface area contributed by atoms with Gasteiger partial charge in [-0.25, -0.2) is 9.97 Å². The van der Waals surface area contributed by atoms with Crippen LogP contribution >= 0.6 is 11.3 Å².